The van der Waals surface area contributed by atoms with E-state index in [0.29, 0.717) is 12.8 Å². The monoisotopic (exact) mass is 1340 g/mol. The highest BCUT2D eigenvalue weighted by Crippen LogP contribution is 2.24. The molecule has 0 aromatic heterocycles. The average Bonchev–Trinajstić information content (AvgIpc) is 0.836. The van der Waals surface area contributed by atoms with Crippen LogP contribution < -0.4 is 5.32 Å². The molecule has 7 unspecified atom stereocenters. The van der Waals surface area contributed by atoms with E-state index in [1.165, 1.54) is 327 Å². The number of ether oxygens (including phenoxy) is 2. The van der Waals surface area contributed by atoms with Gasteiger partial charge in [0.15, 0.2) is 6.29 Å². The fourth-order valence-electron chi connectivity index (χ4n) is 13.7. The van der Waals surface area contributed by atoms with Crippen LogP contribution in [0.1, 0.15) is 425 Å². The van der Waals surface area contributed by atoms with Crippen molar-refractivity contribution in [3.8, 4) is 0 Å². The predicted octanol–water partition coefficient (Wildman–Crippen LogP) is 24.4. The lowest BCUT2D eigenvalue weighted by atomic mass is 9.99. The number of nitrogens with one attached hydrogen (secondary N) is 1. The van der Waals surface area contributed by atoms with Gasteiger partial charge in [0.25, 0.3) is 0 Å². The van der Waals surface area contributed by atoms with Crippen LogP contribution in [-0.2, 0) is 14.3 Å². The topological polar surface area (TPSA) is 149 Å². The number of carbonyl (C=O) groups is 1. The Morgan fingerprint density at radius 3 is 0.968 bits per heavy atom. The number of hydrogen-bond acceptors (Lipinski definition) is 8. The van der Waals surface area contributed by atoms with E-state index in [0.717, 1.165) is 70.6 Å². The average molecular weight is 1340 g/mol. The van der Waals surface area contributed by atoms with Crippen molar-refractivity contribution in [2.75, 3.05) is 13.2 Å². The van der Waals surface area contributed by atoms with E-state index in [-0.39, 0.29) is 12.5 Å². The number of aliphatic hydroxyl groups excluding tert-OH is 5. The highest BCUT2D eigenvalue weighted by molar-refractivity contribution is 5.76. The molecule has 0 aromatic carbocycles. The lowest BCUT2D eigenvalue weighted by Gasteiger charge is -2.40. The molecule has 0 bridgehead atoms. The number of amides is 1. The summed E-state index contributed by atoms with van der Waals surface area (Å²) in [5, 5.41) is 55.2. The highest BCUT2D eigenvalue weighted by atomic mass is 16.7. The summed E-state index contributed by atoms with van der Waals surface area (Å²) in [5.41, 5.74) is 0. The summed E-state index contributed by atoms with van der Waals surface area (Å²) in [6, 6.07) is -0.721. The first-order chi connectivity index (χ1) is 46.8. The van der Waals surface area contributed by atoms with E-state index in [1.54, 1.807) is 0 Å². The van der Waals surface area contributed by atoms with Crippen molar-refractivity contribution in [3.63, 3.8) is 0 Å². The molecular formula is C86H161NO8. The first-order valence-corrected chi connectivity index (χ1v) is 42.0. The fraction of sp³-hybridized carbons (Fsp3) is 0.872. The van der Waals surface area contributed by atoms with Gasteiger partial charge in [-0.25, -0.2) is 0 Å². The molecule has 1 rings (SSSR count). The van der Waals surface area contributed by atoms with Crippen molar-refractivity contribution in [3.05, 3.63) is 60.8 Å². The predicted molar refractivity (Wildman–Crippen MR) is 410 cm³/mol. The first-order valence-electron chi connectivity index (χ1n) is 42.0. The molecule has 95 heavy (non-hydrogen) atoms. The van der Waals surface area contributed by atoms with E-state index < -0.39 is 49.5 Å². The molecule has 1 heterocycles. The van der Waals surface area contributed by atoms with Crippen LogP contribution in [0.3, 0.4) is 0 Å². The maximum Gasteiger partial charge on any atom is 0.220 e. The van der Waals surface area contributed by atoms with Gasteiger partial charge in [-0.15, -0.1) is 0 Å². The van der Waals surface area contributed by atoms with Gasteiger partial charge in [-0.1, -0.05) is 421 Å². The highest BCUT2D eigenvalue weighted by Gasteiger charge is 2.44. The van der Waals surface area contributed by atoms with Crippen LogP contribution in [0.15, 0.2) is 60.8 Å². The Hall–Kier alpha value is -2.11. The number of unbranched alkanes of at least 4 members (excludes halogenated alkanes) is 55. The normalized spacial score (nSPS) is 17.7. The second kappa shape index (κ2) is 74.6. The van der Waals surface area contributed by atoms with Crippen LogP contribution in [0.25, 0.3) is 0 Å². The Balaban J connectivity index is 2.03. The number of allylic oxidation sites excluding steroid dienone is 10. The second-order valence-electron chi connectivity index (χ2n) is 29.3. The molecule has 1 saturated heterocycles. The molecular weight excluding hydrogens is 1170 g/mol. The van der Waals surface area contributed by atoms with Crippen LogP contribution >= 0.6 is 0 Å². The molecule has 9 nitrogen and oxygen atoms in total. The largest absolute Gasteiger partial charge is 0.394 e. The maximum absolute atomic E-state index is 13.2. The Morgan fingerprint density at radius 1 is 0.368 bits per heavy atom. The van der Waals surface area contributed by atoms with Gasteiger partial charge in [0.1, 0.15) is 24.4 Å². The third kappa shape index (κ3) is 62.6. The minimum absolute atomic E-state index is 0.134. The van der Waals surface area contributed by atoms with Crippen LogP contribution in [-0.4, -0.2) is 87.5 Å². The van der Waals surface area contributed by atoms with Crippen LogP contribution in [0.4, 0.5) is 0 Å². The number of rotatable bonds is 75. The standard InChI is InChI=1S/C86H161NO8/c1-3-5-7-9-11-13-15-17-19-21-23-25-27-29-31-33-35-37-38-39-40-41-42-44-46-48-50-52-54-56-58-60-62-64-66-68-70-72-74-76-82(90)87-79(78-94-86-85(93)84(92)83(91)81(77-88)95-86)80(89)75-73-71-69-67-65-63-61-59-57-55-53-51-49-47-45-43-36-34-32-30-28-26-24-22-20-18-16-14-12-10-8-6-4-2/h5,7,11,13,17,19,23,25,29,31,79-81,83-86,88-89,91-93H,3-4,6,8-10,12,14-16,18,20-22,24,26-28,30,32-78H2,1-2H3,(H,87,90)/b7-5-,13-11-,19-17-,25-23-,31-29-. The SMILES string of the molecule is CC/C=C\C/C=C\C/C=C\C/C=C\C/C=C\CCCCCCCCCCCCCCCCCCCCCCCCCC(=O)NC(COC1OC(CO)C(O)C(O)C1O)C(O)CCCCCCCCCCCCCCCCCCCCCCCCCCCCCCCCCCC. The van der Waals surface area contributed by atoms with E-state index in [1.807, 2.05) is 0 Å². The zero-order chi connectivity index (χ0) is 68.5. The summed E-state index contributed by atoms with van der Waals surface area (Å²) >= 11 is 0. The molecule has 0 aliphatic carbocycles. The summed E-state index contributed by atoms with van der Waals surface area (Å²) in [4.78, 5) is 13.2. The molecule has 9 heteroatoms. The minimum atomic E-state index is -1.55. The summed E-state index contributed by atoms with van der Waals surface area (Å²) in [7, 11) is 0. The van der Waals surface area contributed by atoms with Crippen molar-refractivity contribution in [2.45, 2.75) is 468 Å². The molecule has 1 aliphatic heterocycles. The van der Waals surface area contributed by atoms with Crippen molar-refractivity contribution >= 4 is 5.91 Å². The van der Waals surface area contributed by atoms with Gasteiger partial charge in [-0.3, -0.25) is 4.79 Å². The molecule has 0 aromatic rings. The Kier molecular flexibility index (Phi) is 71.4. The van der Waals surface area contributed by atoms with Crippen molar-refractivity contribution in [2.24, 2.45) is 0 Å². The molecule has 0 radical (unpaired) electrons. The number of hydrogen-bond donors (Lipinski definition) is 6. The van der Waals surface area contributed by atoms with Gasteiger partial charge in [-0.05, 0) is 57.8 Å². The van der Waals surface area contributed by atoms with Crippen molar-refractivity contribution in [1.29, 1.82) is 0 Å². The Morgan fingerprint density at radius 2 is 0.653 bits per heavy atom. The first kappa shape index (κ1) is 90.9. The lowest BCUT2D eigenvalue weighted by molar-refractivity contribution is -0.302. The Bertz CT molecular complexity index is 1700. The van der Waals surface area contributed by atoms with Gasteiger partial charge < -0.3 is 40.3 Å². The van der Waals surface area contributed by atoms with E-state index >= 15 is 0 Å². The van der Waals surface area contributed by atoms with Gasteiger partial charge >= 0.3 is 0 Å². The summed E-state index contributed by atoms with van der Waals surface area (Å²) in [6.07, 6.45) is 97.8. The van der Waals surface area contributed by atoms with Gasteiger partial charge in [-0.2, -0.15) is 0 Å². The molecule has 0 saturated carbocycles. The molecule has 558 valence electrons. The van der Waals surface area contributed by atoms with Crippen LogP contribution in [0.5, 0.6) is 0 Å². The minimum Gasteiger partial charge on any atom is -0.394 e. The molecule has 7 atom stereocenters. The quantitative estimate of drug-likeness (QED) is 0.0261. The fourth-order valence-corrected chi connectivity index (χ4v) is 13.7. The van der Waals surface area contributed by atoms with Crippen molar-refractivity contribution in [1.82, 2.24) is 5.32 Å². The summed E-state index contributed by atoms with van der Waals surface area (Å²) in [6.45, 7) is 3.79. The third-order valence-electron chi connectivity index (χ3n) is 20.1. The van der Waals surface area contributed by atoms with Crippen LogP contribution in [0, 0.1) is 0 Å². The van der Waals surface area contributed by atoms with Crippen molar-refractivity contribution < 1.29 is 39.8 Å². The summed E-state index contributed by atoms with van der Waals surface area (Å²) in [5.74, 6) is -0.135. The van der Waals surface area contributed by atoms with E-state index in [4.69, 9.17) is 9.47 Å². The molecule has 6 N–H and O–H groups in total. The van der Waals surface area contributed by atoms with Crippen LogP contribution in [0.2, 0.25) is 0 Å². The maximum atomic E-state index is 13.2. The number of carbonyl (C=O) groups excluding carboxylic acids is 1. The smallest absolute Gasteiger partial charge is 0.220 e. The van der Waals surface area contributed by atoms with E-state index in [2.05, 4.69) is 79.9 Å². The van der Waals surface area contributed by atoms with Gasteiger partial charge in [0.2, 0.25) is 5.91 Å². The van der Waals surface area contributed by atoms with Gasteiger partial charge in [0, 0.05) is 6.42 Å². The zero-order valence-electron chi connectivity index (χ0n) is 62.9. The molecule has 1 fully saturated rings. The lowest BCUT2D eigenvalue weighted by Crippen LogP contribution is -2.60. The molecule has 0 spiro atoms. The second-order valence-corrected chi connectivity index (χ2v) is 29.3. The summed E-state index contributed by atoms with van der Waals surface area (Å²) < 4.78 is 11.4. The zero-order valence-corrected chi connectivity index (χ0v) is 62.9. The van der Waals surface area contributed by atoms with E-state index in [9.17, 15) is 30.3 Å². The van der Waals surface area contributed by atoms with Gasteiger partial charge in [0.05, 0.1) is 25.4 Å². The molecule has 1 amide bonds. The third-order valence-corrected chi connectivity index (χ3v) is 20.1. The Labute approximate surface area is 589 Å². The molecule has 1 aliphatic rings. The number of aliphatic hydroxyl groups is 5.